The minimum atomic E-state index is -0.697. The molecule has 1 aromatic heterocycles. The van der Waals surface area contributed by atoms with Gasteiger partial charge < -0.3 is 10.1 Å². The zero-order valence-corrected chi connectivity index (χ0v) is 15.3. The van der Waals surface area contributed by atoms with E-state index in [4.69, 9.17) is 4.74 Å². The molecule has 0 atom stereocenters. The largest absolute Gasteiger partial charge is 0.459 e. The summed E-state index contributed by atoms with van der Waals surface area (Å²) in [6.45, 7) is 3.42. The Kier molecular flexibility index (Phi) is 6.41. The van der Waals surface area contributed by atoms with Crippen LogP contribution in [-0.4, -0.2) is 22.9 Å². The molecule has 1 amide bonds. The van der Waals surface area contributed by atoms with Gasteiger partial charge in [-0.2, -0.15) is 5.26 Å². The van der Waals surface area contributed by atoms with Crippen LogP contribution in [0.1, 0.15) is 29.8 Å². The molecule has 8 nitrogen and oxygen atoms in total. The topological polar surface area (TPSA) is 122 Å². The lowest BCUT2D eigenvalue weighted by atomic mass is 10.1. The number of esters is 1. The van der Waals surface area contributed by atoms with Gasteiger partial charge in [-0.1, -0.05) is 0 Å². The van der Waals surface area contributed by atoms with E-state index in [1.165, 1.54) is 36.4 Å². The molecule has 0 radical (unpaired) electrons. The van der Waals surface area contributed by atoms with Crippen LogP contribution in [0.5, 0.6) is 0 Å². The Morgan fingerprint density at radius 1 is 1.30 bits per heavy atom. The number of nitro benzene ring substituents is 1. The Morgan fingerprint density at radius 3 is 2.52 bits per heavy atom. The van der Waals surface area contributed by atoms with E-state index in [9.17, 15) is 25.0 Å². The first-order valence-electron chi connectivity index (χ1n) is 7.78. The highest BCUT2D eigenvalue weighted by Gasteiger charge is 2.19. The molecule has 0 saturated heterocycles. The van der Waals surface area contributed by atoms with Crippen molar-refractivity contribution in [2.24, 2.45) is 0 Å². The third-order valence-corrected chi connectivity index (χ3v) is 4.06. The molecule has 0 fully saturated rings. The zero-order chi connectivity index (χ0) is 20.0. The number of carbonyl (C=O) groups excluding carboxylic acids is 2. The number of hydrogen-bond donors (Lipinski definition) is 1. The van der Waals surface area contributed by atoms with Gasteiger partial charge in [0.25, 0.3) is 11.6 Å². The highest BCUT2D eigenvalue weighted by molar-refractivity contribution is 7.14. The number of ether oxygens (including phenoxy) is 1. The lowest BCUT2D eigenvalue weighted by Crippen LogP contribution is -2.17. The Balaban J connectivity index is 2.19. The molecule has 0 spiro atoms. The van der Waals surface area contributed by atoms with E-state index in [0.717, 1.165) is 11.3 Å². The van der Waals surface area contributed by atoms with Gasteiger partial charge in [0.05, 0.1) is 16.6 Å². The van der Waals surface area contributed by atoms with Crippen molar-refractivity contribution < 1.29 is 19.2 Å². The van der Waals surface area contributed by atoms with Crippen molar-refractivity contribution in [1.82, 2.24) is 0 Å². The third-order valence-electron chi connectivity index (χ3n) is 3.23. The number of rotatable bonds is 6. The Labute approximate surface area is 158 Å². The normalized spacial score (nSPS) is 11.0. The van der Waals surface area contributed by atoms with Crippen LogP contribution in [0.25, 0.3) is 6.08 Å². The summed E-state index contributed by atoms with van der Waals surface area (Å²) >= 11 is 1.13. The van der Waals surface area contributed by atoms with Crippen molar-refractivity contribution in [1.29, 1.82) is 5.26 Å². The first-order chi connectivity index (χ1) is 12.8. The predicted molar refractivity (Wildman–Crippen MR) is 100 cm³/mol. The number of thiophene rings is 1. The fourth-order valence-electron chi connectivity index (χ4n) is 2.02. The van der Waals surface area contributed by atoms with Crippen LogP contribution in [0.3, 0.4) is 0 Å². The SMILES string of the molecule is CC(C)OC(=O)c1ccsc1NC(=O)/C(C#N)=C/c1ccc([N+](=O)[O-])cc1. The van der Waals surface area contributed by atoms with E-state index >= 15 is 0 Å². The van der Waals surface area contributed by atoms with Crippen LogP contribution < -0.4 is 5.32 Å². The molecule has 0 aliphatic carbocycles. The second-order valence-electron chi connectivity index (χ2n) is 5.59. The number of nitro groups is 1. The summed E-state index contributed by atoms with van der Waals surface area (Å²) in [5.41, 5.74) is 0.357. The first-order valence-corrected chi connectivity index (χ1v) is 8.66. The fourth-order valence-corrected chi connectivity index (χ4v) is 2.79. The molecule has 0 bridgehead atoms. The van der Waals surface area contributed by atoms with E-state index in [1.54, 1.807) is 25.3 Å². The molecule has 27 heavy (non-hydrogen) atoms. The van der Waals surface area contributed by atoms with Crippen LogP contribution in [0, 0.1) is 21.4 Å². The van der Waals surface area contributed by atoms with Gasteiger partial charge in [-0.15, -0.1) is 11.3 Å². The second kappa shape index (κ2) is 8.73. The number of amides is 1. The third kappa shape index (κ3) is 5.23. The Bertz CT molecular complexity index is 939. The molecule has 1 N–H and O–H groups in total. The number of carbonyl (C=O) groups is 2. The van der Waals surface area contributed by atoms with Crippen molar-refractivity contribution in [2.45, 2.75) is 20.0 Å². The quantitative estimate of drug-likeness (QED) is 0.265. The highest BCUT2D eigenvalue weighted by Crippen LogP contribution is 2.25. The summed E-state index contributed by atoms with van der Waals surface area (Å²) < 4.78 is 5.11. The smallest absolute Gasteiger partial charge is 0.341 e. The van der Waals surface area contributed by atoms with Crippen molar-refractivity contribution in [2.75, 3.05) is 5.32 Å². The average Bonchev–Trinajstić information content (AvgIpc) is 3.07. The van der Waals surface area contributed by atoms with Gasteiger partial charge in [0.15, 0.2) is 0 Å². The Hall–Kier alpha value is -3.51. The number of non-ortho nitro benzene ring substituents is 1. The van der Waals surface area contributed by atoms with Gasteiger partial charge in [0.2, 0.25) is 0 Å². The van der Waals surface area contributed by atoms with Crippen molar-refractivity contribution in [3.63, 3.8) is 0 Å². The molecular formula is C18H15N3O5S. The lowest BCUT2D eigenvalue weighted by molar-refractivity contribution is -0.384. The van der Waals surface area contributed by atoms with E-state index in [-0.39, 0.29) is 27.9 Å². The Morgan fingerprint density at radius 2 is 1.96 bits per heavy atom. The van der Waals surface area contributed by atoms with E-state index < -0.39 is 16.8 Å². The van der Waals surface area contributed by atoms with E-state index in [0.29, 0.717) is 5.56 Å². The summed E-state index contributed by atoms with van der Waals surface area (Å²) in [5, 5.41) is 24.3. The van der Waals surface area contributed by atoms with Crippen molar-refractivity contribution in [3.05, 3.63) is 62.5 Å². The molecule has 2 rings (SSSR count). The predicted octanol–water partition coefficient (Wildman–Crippen LogP) is 3.77. The first kappa shape index (κ1) is 19.8. The second-order valence-corrected chi connectivity index (χ2v) is 6.51. The molecule has 0 aliphatic rings. The van der Waals surface area contributed by atoms with Crippen LogP contribution in [-0.2, 0) is 9.53 Å². The van der Waals surface area contributed by atoms with Crippen LogP contribution in [0.2, 0.25) is 0 Å². The summed E-state index contributed by atoms with van der Waals surface area (Å²) in [6.07, 6.45) is 0.997. The summed E-state index contributed by atoms with van der Waals surface area (Å²) in [4.78, 5) is 34.5. The van der Waals surface area contributed by atoms with Crippen molar-refractivity contribution in [3.8, 4) is 6.07 Å². The summed E-state index contributed by atoms with van der Waals surface area (Å²) in [5.74, 6) is -1.27. The minimum Gasteiger partial charge on any atom is -0.459 e. The number of hydrogen-bond acceptors (Lipinski definition) is 7. The van der Waals surface area contributed by atoms with Crippen LogP contribution in [0.15, 0.2) is 41.3 Å². The van der Waals surface area contributed by atoms with Gasteiger partial charge in [-0.3, -0.25) is 14.9 Å². The maximum atomic E-state index is 12.4. The molecule has 1 heterocycles. The number of nitriles is 1. The van der Waals surface area contributed by atoms with Crippen LogP contribution >= 0.6 is 11.3 Å². The van der Waals surface area contributed by atoms with Gasteiger partial charge in [-0.25, -0.2) is 4.79 Å². The number of nitrogens with one attached hydrogen (secondary N) is 1. The zero-order valence-electron chi connectivity index (χ0n) is 14.5. The fraction of sp³-hybridized carbons (Fsp3) is 0.167. The summed E-state index contributed by atoms with van der Waals surface area (Å²) in [6, 6.07) is 8.72. The number of nitrogens with zero attached hydrogens (tertiary/aromatic N) is 2. The minimum absolute atomic E-state index is 0.0954. The molecule has 2 aromatic rings. The number of benzene rings is 1. The van der Waals surface area contributed by atoms with Gasteiger partial charge >= 0.3 is 5.97 Å². The molecular weight excluding hydrogens is 370 g/mol. The van der Waals surface area contributed by atoms with E-state index in [2.05, 4.69) is 5.32 Å². The van der Waals surface area contributed by atoms with Crippen molar-refractivity contribution >= 4 is 40.0 Å². The molecule has 0 unspecified atom stereocenters. The molecule has 0 aliphatic heterocycles. The maximum Gasteiger partial charge on any atom is 0.341 e. The monoisotopic (exact) mass is 385 g/mol. The van der Waals surface area contributed by atoms with Gasteiger partial charge in [0, 0.05) is 12.1 Å². The molecule has 138 valence electrons. The lowest BCUT2D eigenvalue weighted by Gasteiger charge is -2.09. The van der Waals surface area contributed by atoms with Gasteiger partial charge in [0.1, 0.15) is 16.6 Å². The molecule has 1 aromatic carbocycles. The van der Waals surface area contributed by atoms with Crippen LogP contribution in [0.4, 0.5) is 10.7 Å². The maximum absolute atomic E-state index is 12.4. The standard InChI is InChI=1S/C18H15N3O5S/c1-11(2)26-18(23)15-7-8-27-17(15)20-16(22)13(10-19)9-12-3-5-14(6-4-12)21(24)25/h3-9,11H,1-2H3,(H,20,22)/b13-9+. The molecule has 0 saturated carbocycles. The average molecular weight is 385 g/mol. The highest BCUT2D eigenvalue weighted by atomic mass is 32.1. The van der Waals surface area contributed by atoms with Gasteiger partial charge in [-0.05, 0) is 49.1 Å². The van der Waals surface area contributed by atoms with E-state index in [1.807, 2.05) is 0 Å². The molecule has 9 heteroatoms. The summed E-state index contributed by atoms with van der Waals surface area (Å²) in [7, 11) is 0. The number of anilines is 1.